The molecule has 1 saturated heterocycles. The number of carbonyl (C=O) groups excluding carboxylic acids is 3. The summed E-state index contributed by atoms with van der Waals surface area (Å²) in [5.74, 6) is -3.54. The van der Waals surface area contributed by atoms with Gasteiger partial charge in [0.15, 0.2) is 5.78 Å². The molecule has 7 nitrogen and oxygen atoms in total. The van der Waals surface area contributed by atoms with Gasteiger partial charge in [0.1, 0.15) is 12.0 Å². The van der Waals surface area contributed by atoms with Crippen molar-refractivity contribution in [1.82, 2.24) is 5.01 Å². The zero-order valence-corrected chi connectivity index (χ0v) is 14.9. The van der Waals surface area contributed by atoms with Gasteiger partial charge in [-0.15, -0.1) is 0 Å². The number of hydrogen-bond donors (Lipinski definition) is 0. The Hall–Kier alpha value is -2.67. The highest BCUT2D eigenvalue weighted by molar-refractivity contribution is 6.30. The van der Waals surface area contributed by atoms with Gasteiger partial charge in [0.2, 0.25) is 0 Å². The average molecular weight is 377 g/mol. The van der Waals surface area contributed by atoms with Crippen molar-refractivity contribution in [2.24, 2.45) is 16.9 Å². The highest BCUT2D eigenvalue weighted by Gasteiger charge is 2.58. The van der Waals surface area contributed by atoms with Gasteiger partial charge in [-0.3, -0.25) is 19.4 Å². The molecule has 2 heterocycles. The minimum Gasteiger partial charge on any atom is -0.469 e. The Bertz CT molecular complexity index is 789. The third kappa shape index (κ3) is 2.99. The number of fused-ring (bicyclic) bond motifs is 1. The smallest absolute Gasteiger partial charge is 0.312 e. The van der Waals surface area contributed by atoms with Crippen LogP contribution in [0.3, 0.4) is 0 Å². The summed E-state index contributed by atoms with van der Waals surface area (Å²) in [4.78, 5) is 38.0. The molecular weight excluding hydrogens is 360 g/mol. The zero-order chi connectivity index (χ0) is 18.8. The molecule has 0 aliphatic carbocycles. The normalized spacial score (nSPS) is 26.3. The highest BCUT2D eigenvalue weighted by Crippen LogP contribution is 2.40. The van der Waals surface area contributed by atoms with E-state index < -0.39 is 35.9 Å². The number of methoxy groups -OCH3 is 2. The molecule has 26 heavy (non-hydrogen) atoms. The molecule has 0 radical (unpaired) electrons. The molecule has 0 aromatic heterocycles. The van der Waals surface area contributed by atoms with E-state index in [1.807, 2.05) is 0 Å². The van der Waals surface area contributed by atoms with Gasteiger partial charge in [-0.25, -0.2) is 0 Å². The van der Waals surface area contributed by atoms with Crippen molar-refractivity contribution in [3.8, 4) is 0 Å². The molecule has 0 unspecified atom stereocenters. The Labute approximate surface area is 155 Å². The van der Waals surface area contributed by atoms with Crippen LogP contribution in [-0.4, -0.2) is 55.2 Å². The summed E-state index contributed by atoms with van der Waals surface area (Å²) in [7, 11) is 2.46. The summed E-state index contributed by atoms with van der Waals surface area (Å²) in [5.41, 5.74) is 0.363. The van der Waals surface area contributed by atoms with E-state index in [2.05, 4.69) is 5.10 Å². The van der Waals surface area contributed by atoms with Gasteiger partial charge in [0, 0.05) is 16.8 Å². The van der Waals surface area contributed by atoms with Crippen LogP contribution in [0.15, 0.2) is 41.5 Å². The van der Waals surface area contributed by atoms with Crippen molar-refractivity contribution < 1.29 is 23.9 Å². The molecule has 2 aliphatic rings. The van der Waals surface area contributed by atoms with Crippen molar-refractivity contribution in [3.05, 3.63) is 47.0 Å². The lowest BCUT2D eigenvalue weighted by atomic mass is 9.84. The topological polar surface area (TPSA) is 85.3 Å². The van der Waals surface area contributed by atoms with Crippen LogP contribution in [-0.2, 0) is 19.1 Å². The molecule has 1 aromatic carbocycles. The zero-order valence-electron chi connectivity index (χ0n) is 14.2. The third-order valence-electron chi connectivity index (χ3n) is 4.62. The molecule has 0 bridgehead atoms. The fraction of sp³-hybridized carbons (Fsp3) is 0.333. The SMILES string of the molecule is COC(=O)[C@H]1[C@H](C(=O)OC)[C@H](C(=O)c2ccc(Cl)cc2)N2N=CC=C[C@@H]12. The molecule has 0 N–H and O–H groups in total. The quantitative estimate of drug-likeness (QED) is 0.587. The van der Waals surface area contributed by atoms with E-state index in [9.17, 15) is 14.4 Å². The predicted molar refractivity (Wildman–Crippen MR) is 93.8 cm³/mol. The number of ether oxygens (including phenoxy) is 2. The third-order valence-corrected chi connectivity index (χ3v) is 4.88. The molecule has 0 amide bonds. The molecule has 4 atom stereocenters. The van der Waals surface area contributed by atoms with Crippen LogP contribution in [0.25, 0.3) is 0 Å². The van der Waals surface area contributed by atoms with E-state index in [0.717, 1.165) is 0 Å². The fourth-order valence-corrected chi connectivity index (χ4v) is 3.59. The van der Waals surface area contributed by atoms with Crippen LogP contribution in [0.2, 0.25) is 5.02 Å². The summed E-state index contributed by atoms with van der Waals surface area (Å²) in [6, 6.07) is 4.76. The molecule has 0 saturated carbocycles. The first kappa shape index (κ1) is 18.1. The maximum Gasteiger partial charge on any atom is 0.312 e. The maximum atomic E-state index is 13.2. The second kappa shape index (κ2) is 7.29. The number of hydrogen-bond acceptors (Lipinski definition) is 7. The maximum absolute atomic E-state index is 13.2. The Kier molecular flexibility index (Phi) is 5.08. The van der Waals surface area contributed by atoms with Crippen molar-refractivity contribution in [1.29, 1.82) is 0 Å². The number of esters is 2. The number of rotatable bonds is 4. The van der Waals surface area contributed by atoms with Gasteiger partial charge in [-0.05, 0) is 30.3 Å². The first-order chi connectivity index (χ1) is 12.5. The summed E-state index contributed by atoms with van der Waals surface area (Å²) in [6.45, 7) is 0. The molecule has 3 rings (SSSR count). The van der Waals surface area contributed by atoms with E-state index >= 15 is 0 Å². The van der Waals surface area contributed by atoms with Crippen molar-refractivity contribution >= 4 is 35.5 Å². The Morgan fingerprint density at radius 1 is 1.04 bits per heavy atom. The number of benzene rings is 1. The number of ketones is 1. The molecule has 8 heteroatoms. The van der Waals surface area contributed by atoms with Crippen LogP contribution in [0.1, 0.15) is 10.4 Å². The number of carbonyl (C=O) groups is 3. The van der Waals surface area contributed by atoms with E-state index in [0.29, 0.717) is 10.6 Å². The van der Waals surface area contributed by atoms with Crippen molar-refractivity contribution in [2.75, 3.05) is 14.2 Å². The molecule has 1 fully saturated rings. The lowest BCUT2D eigenvalue weighted by molar-refractivity contribution is -0.156. The van der Waals surface area contributed by atoms with E-state index in [1.54, 1.807) is 36.4 Å². The number of halogens is 1. The minimum absolute atomic E-state index is 0.346. The largest absolute Gasteiger partial charge is 0.469 e. The van der Waals surface area contributed by atoms with E-state index in [1.165, 1.54) is 25.4 Å². The summed E-state index contributed by atoms with van der Waals surface area (Å²) in [6.07, 6.45) is 4.90. The lowest BCUT2D eigenvalue weighted by Gasteiger charge is -2.27. The summed E-state index contributed by atoms with van der Waals surface area (Å²) < 4.78 is 9.75. The number of Topliss-reactive ketones (excluding diaryl/α,β-unsaturated/α-hetero) is 1. The summed E-state index contributed by atoms with van der Waals surface area (Å²) in [5, 5.41) is 6.19. The van der Waals surface area contributed by atoms with Gasteiger partial charge in [-0.1, -0.05) is 17.7 Å². The van der Waals surface area contributed by atoms with Crippen LogP contribution < -0.4 is 0 Å². The Morgan fingerprint density at radius 3 is 2.27 bits per heavy atom. The van der Waals surface area contributed by atoms with Gasteiger partial charge in [0.25, 0.3) is 0 Å². The van der Waals surface area contributed by atoms with E-state index in [-0.39, 0.29) is 5.78 Å². The average Bonchev–Trinajstić information content (AvgIpc) is 3.02. The molecule has 1 aromatic rings. The van der Waals surface area contributed by atoms with Crippen LogP contribution in [0.4, 0.5) is 0 Å². The van der Waals surface area contributed by atoms with E-state index in [4.69, 9.17) is 21.1 Å². The van der Waals surface area contributed by atoms with Gasteiger partial charge < -0.3 is 9.47 Å². The minimum atomic E-state index is -1.04. The second-order valence-corrected chi connectivity index (χ2v) is 6.37. The first-order valence-corrected chi connectivity index (χ1v) is 8.32. The standard InChI is InChI=1S/C18H17ClN2O5/c1-25-17(23)13-12-4-3-9-20-21(12)15(14(13)18(24)26-2)16(22)10-5-7-11(19)8-6-10/h3-9,12-15H,1-2H3/t12-,13+,14-,15+/m0/s1. The van der Waals surface area contributed by atoms with Crippen molar-refractivity contribution in [3.63, 3.8) is 0 Å². The number of hydrazone groups is 1. The van der Waals surface area contributed by atoms with Crippen LogP contribution in [0.5, 0.6) is 0 Å². The molecule has 2 aliphatic heterocycles. The number of allylic oxidation sites excluding steroid dienone is 1. The fourth-order valence-electron chi connectivity index (χ4n) is 3.46. The lowest BCUT2D eigenvalue weighted by Crippen LogP contribution is -2.42. The highest BCUT2D eigenvalue weighted by atomic mass is 35.5. The van der Waals surface area contributed by atoms with Crippen LogP contribution >= 0.6 is 11.6 Å². The van der Waals surface area contributed by atoms with Crippen LogP contribution in [0, 0.1) is 11.8 Å². The van der Waals surface area contributed by atoms with Gasteiger partial charge in [0.05, 0.1) is 26.2 Å². The molecule has 136 valence electrons. The first-order valence-electron chi connectivity index (χ1n) is 7.94. The van der Waals surface area contributed by atoms with Crippen molar-refractivity contribution in [2.45, 2.75) is 12.1 Å². The van der Waals surface area contributed by atoms with Gasteiger partial charge >= 0.3 is 11.9 Å². The second-order valence-electron chi connectivity index (χ2n) is 5.93. The molecule has 0 spiro atoms. The Morgan fingerprint density at radius 2 is 1.65 bits per heavy atom. The monoisotopic (exact) mass is 376 g/mol. The Balaban J connectivity index is 2.07. The predicted octanol–water partition coefficient (Wildman–Crippen LogP) is 1.71. The number of nitrogens with zero attached hydrogens (tertiary/aromatic N) is 2. The molecular formula is C18H17ClN2O5. The van der Waals surface area contributed by atoms with Gasteiger partial charge in [-0.2, -0.15) is 5.10 Å². The summed E-state index contributed by atoms with van der Waals surface area (Å²) >= 11 is 5.88.